The van der Waals surface area contributed by atoms with Crippen LogP contribution < -0.4 is 14.8 Å². The fraction of sp³-hybridized carbons (Fsp3) is 0.333. The largest absolute Gasteiger partial charge is 0.508 e. The first-order chi connectivity index (χ1) is 19.5. The van der Waals surface area contributed by atoms with E-state index >= 15 is 0 Å². The minimum absolute atomic E-state index is 0.0580. The highest BCUT2D eigenvalue weighted by atomic mass is 16.7. The molecule has 2 amide bonds. The maximum atomic E-state index is 14.1. The third kappa shape index (κ3) is 5.42. The van der Waals surface area contributed by atoms with E-state index in [2.05, 4.69) is 15.6 Å². The minimum atomic E-state index is -0.935. The van der Waals surface area contributed by atoms with Crippen LogP contribution in [0.25, 0.3) is 11.0 Å². The van der Waals surface area contributed by atoms with Crippen LogP contribution in [0.2, 0.25) is 0 Å². The number of aromatic hydroxyl groups is 1. The molecule has 40 heavy (non-hydrogen) atoms. The molecule has 10 heteroatoms. The standard InChI is InChI=1S/C30H31N5O5/c36-23-13-11-21(12-14-23)29(30(38)31-22-6-2-1-3-7-22)34(17-20-10-15-26-27(16-20)40-19-39-26)28(37)18-35-25-9-5-4-8-24(25)32-33-35/h4-5,8-16,22,29,36H,1-3,6-7,17-19H2,(H,31,38)/t29-/m0/s1. The Balaban J connectivity index is 1.37. The van der Waals surface area contributed by atoms with E-state index in [1.807, 2.05) is 42.5 Å². The lowest BCUT2D eigenvalue weighted by Gasteiger charge is -2.33. The van der Waals surface area contributed by atoms with E-state index in [9.17, 15) is 14.7 Å². The molecule has 6 rings (SSSR count). The monoisotopic (exact) mass is 541 g/mol. The first-order valence-electron chi connectivity index (χ1n) is 13.6. The van der Waals surface area contributed by atoms with Crippen LogP contribution in [0.4, 0.5) is 0 Å². The maximum Gasteiger partial charge on any atom is 0.247 e. The van der Waals surface area contributed by atoms with Crippen molar-refractivity contribution in [2.45, 2.75) is 57.3 Å². The summed E-state index contributed by atoms with van der Waals surface area (Å²) in [6, 6.07) is 18.5. The lowest BCUT2D eigenvalue weighted by molar-refractivity contribution is -0.142. The maximum absolute atomic E-state index is 14.1. The normalized spacial score (nSPS) is 15.6. The number of hydrogen-bond acceptors (Lipinski definition) is 7. The Kier molecular flexibility index (Phi) is 7.22. The van der Waals surface area contributed by atoms with Crippen LogP contribution >= 0.6 is 0 Å². The van der Waals surface area contributed by atoms with Gasteiger partial charge in [0, 0.05) is 12.6 Å². The quantitative estimate of drug-likeness (QED) is 0.345. The number of amides is 2. The molecular weight excluding hydrogens is 510 g/mol. The number of nitrogens with zero attached hydrogens (tertiary/aromatic N) is 4. The molecule has 2 aliphatic rings. The van der Waals surface area contributed by atoms with Gasteiger partial charge in [0.25, 0.3) is 0 Å². The van der Waals surface area contributed by atoms with Gasteiger partial charge in [0.1, 0.15) is 23.9 Å². The summed E-state index contributed by atoms with van der Waals surface area (Å²) in [7, 11) is 0. The van der Waals surface area contributed by atoms with Gasteiger partial charge in [0.05, 0.1) is 5.52 Å². The van der Waals surface area contributed by atoms with Crippen molar-refractivity contribution in [3.8, 4) is 17.2 Å². The Labute approximate surface area is 231 Å². The van der Waals surface area contributed by atoms with Gasteiger partial charge in [-0.15, -0.1) is 5.10 Å². The van der Waals surface area contributed by atoms with Crippen molar-refractivity contribution in [2.75, 3.05) is 6.79 Å². The van der Waals surface area contributed by atoms with Crippen LogP contribution in [0, 0.1) is 0 Å². The SMILES string of the molecule is O=C(NC1CCCCC1)[C@H](c1ccc(O)cc1)N(Cc1ccc2c(c1)OCO2)C(=O)Cn1nnc2ccccc21. The summed E-state index contributed by atoms with van der Waals surface area (Å²) in [5, 5.41) is 21.6. The van der Waals surface area contributed by atoms with Gasteiger partial charge in [-0.1, -0.05) is 54.8 Å². The zero-order valence-electron chi connectivity index (χ0n) is 22.0. The zero-order chi connectivity index (χ0) is 27.5. The lowest BCUT2D eigenvalue weighted by Crippen LogP contribution is -2.47. The second-order valence-corrected chi connectivity index (χ2v) is 10.3. The van der Waals surface area contributed by atoms with Crippen LogP contribution in [0.5, 0.6) is 17.2 Å². The van der Waals surface area contributed by atoms with E-state index in [-0.39, 0.29) is 43.5 Å². The summed E-state index contributed by atoms with van der Waals surface area (Å²) in [4.78, 5) is 29.7. The lowest BCUT2D eigenvalue weighted by atomic mass is 9.94. The van der Waals surface area contributed by atoms with Crippen molar-refractivity contribution >= 4 is 22.8 Å². The van der Waals surface area contributed by atoms with Gasteiger partial charge in [-0.2, -0.15) is 0 Å². The van der Waals surface area contributed by atoms with Crippen LogP contribution in [0.15, 0.2) is 66.7 Å². The van der Waals surface area contributed by atoms with Gasteiger partial charge in [0.15, 0.2) is 11.5 Å². The Hall–Kier alpha value is -4.60. The molecule has 0 unspecified atom stereocenters. The van der Waals surface area contributed by atoms with E-state index < -0.39 is 6.04 Å². The average molecular weight is 542 g/mol. The second-order valence-electron chi connectivity index (χ2n) is 10.3. The van der Waals surface area contributed by atoms with E-state index in [1.54, 1.807) is 21.7 Å². The molecule has 0 saturated heterocycles. The molecule has 1 saturated carbocycles. The Bertz CT molecular complexity index is 1510. The van der Waals surface area contributed by atoms with E-state index in [1.165, 1.54) is 12.1 Å². The van der Waals surface area contributed by atoms with Crippen molar-refractivity contribution < 1.29 is 24.2 Å². The predicted octanol–water partition coefficient (Wildman–Crippen LogP) is 4.08. The van der Waals surface area contributed by atoms with Crippen LogP contribution in [-0.4, -0.2) is 49.6 Å². The number of benzene rings is 3. The van der Waals surface area contributed by atoms with Gasteiger partial charge in [-0.3, -0.25) is 9.59 Å². The van der Waals surface area contributed by atoms with Crippen molar-refractivity contribution in [2.24, 2.45) is 0 Å². The molecule has 0 spiro atoms. The van der Waals surface area contributed by atoms with Crippen molar-refractivity contribution in [3.05, 3.63) is 77.9 Å². The highest BCUT2D eigenvalue weighted by Crippen LogP contribution is 2.34. The number of hydrogen-bond donors (Lipinski definition) is 2. The first-order valence-corrected chi connectivity index (χ1v) is 13.6. The fourth-order valence-corrected chi connectivity index (χ4v) is 5.47. The van der Waals surface area contributed by atoms with Gasteiger partial charge >= 0.3 is 0 Å². The Morgan fingerprint density at radius 1 is 1.00 bits per heavy atom. The van der Waals surface area contributed by atoms with E-state index in [0.29, 0.717) is 22.6 Å². The molecule has 1 aliphatic heterocycles. The first kappa shape index (κ1) is 25.7. The number of phenolic OH excluding ortho intramolecular Hbond substituents is 1. The number of nitrogens with one attached hydrogen (secondary N) is 1. The van der Waals surface area contributed by atoms with Gasteiger partial charge in [0.2, 0.25) is 18.6 Å². The number of carbonyl (C=O) groups is 2. The summed E-state index contributed by atoms with van der Waals surface area (Å²) >= 11 is 0. The third-order valence-corrected chi connectivity index (χ3v) is 7.54. The van der Waals surface area contributed by atoms with Crippen LogP contribution in [0.1, 0.15) is 49.3 Å². The molecule has 1 aliphatic carbocycles. The number of carbonyl (C=O) groups excluding carboxylic acids is 2. The topological polar surface area (TPSA) is 119 Å². The molecule has 1 fully saturated rings. The van der Waals surface area contributed by atoms with Crippen molar-refractivity contribution in [3.63, 3.8) is 0 Å². The summed E-state index contributed by atoms with van der Waals surface area (Å²) in [5.74, 6) is 0.763. The fourth-order valence-electron chi connectivity index (χ4n) is 5.47. The number of para-hydroxylation sites is 1. The van der Waals surface area contributed by atoms with Crippen LogP contribution in [0.3, 0.4) is 0 Å². The van der Waals surface area contributed by atoms with E-state index in [4.69, 9.17) is 9.47 Å². The molecule has 2 N–H and O–H groups in total. The molecule has 2 heterocycles. The molecular formula is C30H31N5O5. The molecule has 4 aromatic rings. The molecule has 1 atom stereocenters. The van der Waals surface area contributed by atoms with Gasteiger partial charge in [-0.05, 0) is 60.4 Å². The van der Waals surface area contributed by atoms with Gasteiger partial charge in [-0.25, -0.2) is 4.68 Å². The molecule has 0 radical (unpaired) electrons. The number of ether oxygens (including phenoxy) is 2. The number of aromatic nitrogens is 3. The third-order valence-electron chi connectivity index (χ3n) is 7.54. The highest BCUT2D eigenvalue weighted by molar-refractivity contribution is 5.89. The summed E-state index contributed by atoms with van der Waals surface area (Å²) in [6.07, 6.45) is 5.11. The molecule has 1 aromatic heterocycles. The van der Waals surface area contributed by atoms with Crippen molar-refractivity contribution in [1.82, 2.24) is 25.2 Å². The van der Waals surface area contributed by atoms with E-state index in [0.717, 1.165) is 43.2 Å². The summed E-state index contributed by atoms with van der Waals surface area (Å²) in [6.45, 7) is 0.183. The smallest absolute Gasteiger partial charge is 0.247 e. The van der Waals surface area contributed by atoms with Gasteiger partial charge < -0.3 is 24.8 Å². The average Bonchev–Trinajstić information content (AvgIpc) is 3.61. The second kappa shape index (κ2) is 11.3. The van der Waals surface area contributed by atoms with Crippen molar-refractivity contribution in [1.29, 1.82) is 0 Å². The molecule has 206 valence electrons. The highest BCUT2D eigenvalue weighted by Gasteiger charge is 2.34. The Morgan fingerprint density at radius 3 is 2.60 bits per heavy atom. The van der Waals surface area contributed by atoms with Crippen LogP contribution in [-0.2, 0) is 22.7 Å². The molecule has 10 nitrogen and oxygen atoms in total. The Morgan fingerprint density at radius 2 is 1.77 bits per heavy atom. The number of rotatable bonds is 8. The summed E-state index contributed by atoms with van der Waals surface area (Å²) in [5.41, 5.74) is 2.80. The zero-order valence-corrected chi connectivity index (χ0v) is 22.0. The minimum Gasteiger partial charge on any atom is -0.508 e. The molecule has 0 bridgehead atoms. The molecule has 3 aromatic carbocycles. The summed E-state index contributed by atoms with van der Waals surface area (Å²) < 4.78 is 12.6. The number of phenols is 1. The number of fused-ring (bicyclic) bond motifs is 2. The predicted molar refractivity (Wildman–Crippen MR) is 147 cm³/mol.